The molecule has 0 unspecified atom stereocenters. The summed E-state index contributed by atoms with van der Waals surface area (Å²) in [5.74, 6) is 0.865. The van der Waals surface area contributed by atoms with Crippen LogP contribution >= 0.6 is 0 Å². The molecule has 292 valence electrons. The molecule has 0 saturated heterocycles. The largest absolute Gasteiger partial charge is 2.00 e. The van der Waals surface area contributed by atoms with E-state index in [1.165, 1.54) is 5.56 Å². The third kappa shape index (κ3) is 6.02. The number of aromatic nitrogens is 1. The summed E-state index contributed by atoms with van der Waals surface area (Å²) in [6, 6.07) is 28.2. The quantitative estimate of drug-likeness (QED) is 0.164. The Morgan fingerprint density at radius 3 is 2.30 bits per heavy atom. The zero-order valence-corrected chi connectivity index (χ0v) is 37.4. The summed E-state index contributed by atoms with van der Waals surface area (Å²) in [7, 11) is -4.21. The molecule has 2 aliphatic heterocycles. The Hall–Kier alpha value is -4.06. The van der Waals surface area contributed by atoms with Crippen LogP contribution in [0, 0.1) is 32.9 Å². The number of fused-ring (bicyclic) bond motifs is 5. The first-order chi connectivity index (χ1) is 26.4. The average molecular weight is 947 g/mol. The van der Waals surface area contributed by atoms with Gasteiger partial charge >= 0.3 is 21.1 Å². The third-order valence-corrected chi connectivity index (χ3v) is 13.8. The van der Waals surface area contributed by atoms with Gasteiger partial charge in [0.15, 0.2) is 9.84 Å². The minimum Gasteiger partial charge on any atom is -0.511 e. The summed E-state index contributed by atoms with van der Waals surface area (Å²) in [4.78, 5) is 12.0. The summed E-state index contributed by atoms with van der Waals surface area (Å²) >= 11 is 0. The van der Waals surface area contributed by atoms with Gasteiger partial charge in [-0.15, -0.1) is 42.0 Å². The van der Waals surface area contributed by atoms with E-state index in [0.717, 1.165) is 50.4 Å². The monoisotopic (exact) mass is 946 g/mol. The Labute approximate surface area is 350 Å². The molecular weight excluding hydrogens is 894 g/mol. The first-order valence-electron chi connectivity index (χ1n) is 20.1. The van der Waals surface area contributed by atoms with Crippen LogP contribution in [-0.2, 0) is 58.4 Å². The maximum absolute atomic E-state index is 14.9. The van der Waals surface area contributed by atoms with E-state index in [-0.39, 0.29) is 53.5 Å². The Morgan fingerprint density at radius 1 is 0.893 bits per heavy atom. The van der Waals surface area contributed by atoms with Gasteiger partial charge in [0.2, 0.25) is 0 Å². The molecule has 0 amide bonds. The first-order valence-corrected chi connectivity index (χ1v) is 20.6. The smallest absolute Gasteiger partial charge is 0.511 e. The predicted octanol–water partition coefficient (Wildman–Crippen LogP) is 11.0. The standard InChI is InChI=1S/C48H51N3O3S.Pt/c1-28(2)32-22-33(44-50-48(12)39-17-15-30(4)31(5)38(39)27-47(48,11)54-44)24-37(23-32)55(52,53)36-21-29(3)20-35(26-36)51-42-18-16-34(45(6,7)8)25-41(42)46(9,10)40-14-13-19-49-43(40)51;/h13-23,25,28H,27H2,1-12H3;/q-2;+2/t47-,48+;/m0./s1/i27D2;. The van der Waals surface area contributed by atoms with Crippen molar-refractivity contribution in [2.45, 2.75) is 127 Å². The minimum atomic E-state index is -4.21. The number of hydrogen-bond donors (Lipinski definition) is 0. The van der Waals surface area contributed by atoms with Crippen LogP contribution in [-0.4, -0.2) is 24.9 Å². The zero-order valence-electron chi connectivity index (χ0n) is 36.3. The second-order valence-corrected chi connectivity index (χ2v) is 19.6. The summed E-state index contributed by atoms with van der Waals surface area (Å²) in [6.45, 7) is 24.5. The number of rotatable bonds is 5. The second-order valence-electron chi connectivity index (χ2n) is 17.8. The van der Waals surface area contributed by atoms with Crippen LogP contribution in [0.4, 0.5) is 17.2 Å². The molecule has 4 aromatic carbocycles. The Morgan fingerprint density at radius 2 is 1.61 bits per heavy atom. The van der Waals surface area contributed by atoms with Gasteiger partial charge in [0.1, 0.15) is 22.9 Å². The van der Waals surface area contributed by atoms with Crippen LogP contribution in [0.1, 0.15) is 127 Å². The number of ether oxygens (including phenoxy) is 1. The van der Waals surface area contributed by atoms with Crippen molar-refractivity contribution in [3.05, 3.63) is 141 Å². The van der Waals surface area contributed by atoms with Crippen LogP contribution in [0.3, 0.4) is 0 Å². The molecule has 3 heterocycles. The average Bonchev–Trinajstić information content (AvgIpc) is 3.49. The van der Waals surface area contributed by atoms with Gasteiger partial charge < -0.3 is 9.64 Å². The molecule has 2 atom stereocenters. The fourth-order valence-electron chi connectivity index (χ4n) is 8.29. The van der Waals surface area contributed by atoms with Gasteiger partial charge in [-0.1, -0.05) is 97.0 Å². The van der Waals surface area contributed by atoms with E-state index in [0.29, 0.717) is 16.8 Å². The van der Waals surface area contributed by atoms with Crippen LogP contribution in [0.25, 0.3) is 0 Å². The van der Waals surface area contributed by atoms with Gasteiger partial charge in [0.25, 0.3) is 0 Å². The van der Waals surface area contributed by atoms with Gasteiger partial charge in [0, 0.05) is 32.0 Å². The van der Waals surface area contributed by atoms with E-state index >= 15 is 0 Å². The summed E-state index contributed by atoms with van der Waals surface area (Å²) in [5, 5.41) is 0. The van der Waals surface area contributed by atoms with Gasteiger partial charge in [0.05, 0.1) is 0 Å². The molecule has 8 rings (SSSR count). The van der Waals surface area contributed by atoms with E-state index in [1.807, 2.05) is 76.8 Å². The number of aliphatic imine (C=N–C) groups is 1. The third-order valence-electron chi connectivity index (χ3n) is 12.2. The molecule has 6 nitrogen and oxygen atoms in total. The molecule has 5 aromatic rings. The number of anilines is 3. The molecule has 0 bridgehead atoms. The molecule has 0 saturated carbocycles. The van der Waals surface area contributed by atoms with Crippen molar-refractivity contribution < 1.29 is 37.0 Å². The van der Waals surface area contributed by atoms with E-state index in [4.69, 9.17) is 14.7 Å². The molecule has 0 spiro atoms. The molecule has 0 radical (unpaired) electrons. The predicted molar refractivity (Wildman–Crippen MR) is 221 cm³/mol. The van der Waals surface area contributed by atoms with Gasteiger partial charge in [-0.25, -0.2) is 13.4 Å². The Kier molecular flexibility index (Phi) is 8.87. The number of benzene rings is 4. The van der Waals surface area contributed by atoms with Crippen LogP contribution in [0.5, 0.6) is 0 Å². The molecule has 3 aliphatic rings. The van der Waals surface area contributed by atoms with Crippen molar-refractivity contribution in [1.82, 2.24) is 4.98 Å². The van der Waals surface area contributed by atoms with Gasteiger partial charge in [-0.2, -0.15) is 5.56 Å². The topological polar surface area (TPSA) is 71.9 Å². The van der Waals surface area contributed by atoms with E-state index in [1.54, 1.807) is 25.3 Å². The van der Waals surface area contributed by atoms with Crippen molar-refractivity contribution >= 4 is 32.9 Å². The molecule has 0 fully saturated rings. The van der Waals surface area contributed by atoms with E-state index in [2.05, 4.69) is 71.0 Å². The van der Waals surface area contributed by atoms with Crippen molar-refractivity contribution in [3.63, 3.8) is 0 Å². The van der Waals surface area contributed by atoms with Gasteiger partial charge in [-0.05, 0) is 94.3 Å². The molecule has 1 aromatic heterocycles. The number of sulfone groups is 1. The molecule has 8 heteroatoms. The summed E-state index contributed by atoms with van der Waals surface area (Å²) in [5.41, 5.74) is 7.14. The maximum atomic E-state index is 14.9. The van der Waals surface area contributed by atoms with Gasteiger partial charge in [-0.3, -0.25) is 4.99 Å². The maximum Gasteiger partial charge on any atom is 2.00 e. The van der Waals surface area contributed by atoms with Crippen molar-refractivity contribution in [2.75, 3.05) is 4.90 Å². The van der Waals surface area contributed by atoms with Crippen LogP contribution in [0.2, 0.25) is 0 Å². The normalized spacial score (nSPS) is 22.2. The Balaban J connectivity index is 0.00000512. The van der Waals surface area contributed by atoms with Crippen molar-refractivity contribution in [3.8, 4) is 0 Å². The van der Waals surface area contributed by atoms with E-state index < -0.39 is 27.4 Å². The summed E-state index contributed by atoms with van der Waals surface area (Å²) in [6.07, 6.45) is -0.104. The SMILES string of the molecule is [2H]C1([2H])c2c(ccc(C)c2C)[C@@]2(C)N=C(c3[c-]c(S(=O)(=O)c4[c-]c(N5c6ccc(C(C)(C)C)cc6C(C)(C)c6cccnc65)cc(C)c4)cc(C(C)C)c3)O[C@@]12C.[Pt+2]. The first kappa shape index (κ1) is 37.5. The van der Waals surface area contributed by atoms with E-state index in [9.17, 15) is 11.2 Å². The molecule has 0 N–H and O–H groups in total. The molecule has 1 aliphatic carbocycles. The number of pyridine rings is 1. The van der Waals surface area contributed by atoms with Crippen molar-refractivity contribution in [2.24, 2.45) is 4.99 Å². The fraction of sp³-hybridized carbons (Fsp3) is 0.375. The Bertz CT molecular complexity index is 2680. The number of aryl methyl sites for hydroxylation is 2. The molecule has 56 heavy (non-hydrogen) atoms. The van der Waals surface area contributed by atoms with Crippen LogP contribution in [0.15, 0.2) is 87.7 Å². The molecular formula is C48H51N3O3PtS. The van der Waals surface area contributed by atoms with Crippen molar-refractivity contribution in [1.29, 1.82) is 0 Å². The minimum absolute atomic E-state index is 0. The number of hydrogen-bond acceptors (Lipinski definition) is 6. The fourth-order valence-corrected chi connectivity index (χ4v) is 9.65. The number of nitrogens with zero attached hydrogens (tertiary/aromatic N) is 3. The second kappa shape index (κ2) is 13.2. The zero-order chi connectivity index (χ0) is 41.4. The summed E-state index contributed by atoms with van der Waals surface area (Å²) < 4.78 is 55.3. The van der Waals surface area contributed by atoms with Crippen LogP contribution < -0.4 is 4.90 Å².